The molecule has 0 aliphatic carbocycles. The van der Waals surface area contributed by atoms with E-state index in [1.54, 1.807) is 43.5 Å². The number of hydrogen-bond donors (Lipinski definition) is 1. The first kappa shape index (κ1) is 17.9. The Hall–Kier alpha value is -3.46. The second-order valence-corrected chi connectivity index (χ2v) is 4.92. The zero-order chi connectivity index (χ0) is 18.1. The van der Waals surface area contributed by atoms with E-state index in [1.165, 1.54) is 6.08 Å². The molecular formula is C19H17NO5. The van der Waals surface area contributed by atoms with Crippen LogP contribution in [0.25, 0.3) is 6.08 Å². The summed E-state index contributed by atoms with van der Waals surface area (Å²) in [5.74, 6) is 0.791. The van der Waals surface area contributed by atoms with E-state index in [2.05, 4.69) is 0 Å². The minimum Gasteiger partial charge on any atom is -0.497 e. The number of ether oxygens (including phenoxy) is 3. The van der Waals surface area contributed by atoms with Crippen molar-refractivity contribution in [3.8, 4) is 23.3 Å². The van der Waals surface area contributed by atoms with Gasteiger partial charge >= 0.3 is 5.97 Å². The molecule has 6 nitrogen and oxygen atoms in total. The van der Waals surface area contributed by atoms with E-state index in [0.717, 1.165) is 5.75 Å². The van der Waals surface area contributed by atoms with Gasteiger partial charge in [0.2, 0.25) is 0 Å². The summed E-state index contributed by atoms with van der Waals surface area (Å²) in [5.41, 5.74) is 0.291. The molecule has 0 aliphatic rings. The minimum absolute atomic E-state index is 0.319. The Labute approximate surface area is 145 Å². The summed E-state index contributed by atoms with van der Waals surface area (Å²) in [5, 5.41) is 17.6. The third-order valence-corrected chi connectivity index (χ3v) is 3.20. The molecule has 128 valence electrons. The fraction of sp³-hybridized carbons (Fsp3) is 0.158. The SMILES string of the molecule is COc1cccc(OCCOc2ccc(C=C(C#N)C(=O)O)cc2)c1. The number of nitriles is 1. The standard InChI is InChI=1S/C19H17NO5/c1-23-17-3-2-4-18(12-17)25-10-9-24-16-7-5-14(6-8-16)11-15(13-20)19(21)22/h2-8,11-12H,9-10H2,1H3,(H,21,22). The van der Waals surface area contributed by atoms with E-state index >= 15 is 0 Å². The molecule has 1 N–H and O–H groups in total. The second kappa shape index (κ2) is 8.99. The molecule has 0 unspecified atom stereocenters. The summed E-state index contributed by atoms with van der Waals surface area (Å²) >= 11 is 0. The van der Waals surface area contributed by atoms with Gasteiger partial charge in [-0.2, -0.15) is 5.26 Å². The minimum atomic E-state index is -1.25. The molecule has 0 saturated carbocycles. The molecule has 0 radical (unpaired) electrons. The Morgan fingerprint density at radius 2 is 1.72 bits per heavy atom. The second-order valence-electron chi connectivity index (χ2n) is 4.92. The highest BCUT2D eigenvalue weighted by molar-refractivity contribution is 5.96. The van der Waals surface area contributed by atoms with Gasteiger partial charge in [-0.15, -0.1) is 0 Å². The fourth-order valence-electron chi connectivity index (χ4n) is 1.98. The van der Waals surface area contributed by atoms with Crippen molar-refractivity contribution < 1.29 is 24.1 Å². The van der Waals surface area contributed by atoms with Gasteiger partial charge in [0.25, 0.3) is 0 Å². The number of nitrogens with zero attached hydrogens (tertiary/aromatic N) is 1. The van der Waals surface area contributed by atoms with Gasteiger partial charge in [0.05, 0.1) is 7.11 Å². The van der Waals surface area contributed by atoms with E-state index in [9.17, 15) is 4.79 Å². The van der Waals surface area contributed by atoms with E-state index in [1.807, 2.05) is 18.2 Å². The van der Waals surface area contributed by atoms with Gasteiger partial charge in [-0.05, 0) is 35.9 Å². The van der Waals surface area contributed by atoms with Crippen molar-refractivity contribution in [2.45, 2.75) is 0 Å². The predicted molar refractivity (Wildman–Crippen MR) is 91.7 cm³/mol. The van der Waals surface area contributed by atoms with Gasteiger partial charge in [0, 0.05) is 6.07 Å². The number of rotatable bonds is 8. The van der Waals surface area contributed by atoms with Gasteiger partial charge in [-0.1, -0.05) is 18.2 Å². The highest BCUT2D eigenvalue weighted by Gasteiger charge is 2.05. The van der Waals surface area contributed by atoms with Crippen LogP contribution in [0.1, 0.15) is 5.56 Å². The summed E-state index contributed by atoms with van der Waals surface area (Å²) in [6, 6.07) is 15.7. The quantitative estimate of drug-likeness (QED) is 0.451. The van der Waals surface area contributed by atoms with Gasteiger partial charge in [0.1, 0.15) is 42.1 Å². The smallest absolute Gasteiger partial charge is 0.346 e. The lowest BCUT2D eigenvalue weighted by molar-refractivity contribution is -0.132. The molecule has 0 aromatic heterocycles. The zero-order valence-electron chi connectivity index (χ0n) is 13.6. The number of aliphatic carboxylic acids is 1. The summed E-state index contributed by atoms with van der Waals surface area (Å²) in [7, 11) is 1.59. The molecule has 6 heteroatoms. The van der Waals surface area contributed by atoms with E-state index < -0.39 is 5.97 Å². The lowest BCUT2D eigenvalue weighted by atomic mass is 10.1. The van der Waals surface area contributed by atoms with Crippen LogP contribution in [0, 0.1) is 11.3 Å². The molecule has 0 fully saturated rings. The summed E-state index contributed by atoms with van der Waals surface area (Å²) in [4.78, 5) is 10.8. The molecule has 0 aliphatic heterocycles. The number of carboxylic acid groups (broad SMARTS) is 1. The number of carboxylic acids is 1. The topological polar surface area (TPSA) is 88.8 Å². The van der Waals surface area contributed by atoms with E-state index in [4.69, 9.17) is 24.6 Å². The summed E-state index contributed by atoms with van der Waals surface area (Å²) in [6.07, 6.45) is 1.30. The van der Waals surface area contributed by atoms with E-state index in [-0.39, 0.29) is 5.57 Å². The van der Waals surface area contributed by atoms with Crippen molar-refractivity contribution >= 4 is 12.0 Å². The molecule has 2 rings (SSSR count). The van der Waals surface area contributed by atoms with Crippen LogP contribution in [0.5, 0.6) is 17.2 Å². The van der Waals surface area contributed by atoms with Gasteiger partial charge < -0.3 is 19.3 Å². The highest BCUT2D eigenvalue weighted by Crippen LogP contribution is 2.19. The summed E-state index contributed by atoms with van der Waals surface area (Å²) < 4.78 is 16.3. The maximum absolute atomic E-state index is 10.8. The van der Waals surface area contributed by atoms with Crippen molar-refractivity contribution in [3.63, 3.8) is 0 Å². The number of methoxy groups -OCH3 is 1. The Morgan fingerprint density at radius 3 is 2.32 bits per heavy atom. The maximum atomic E-state index is 10.8. The summed E-state index contributed by atoms with van der Waals surface area (Å²) in [6.45, 7) is 0.720. The van der Waals surface area contributed by atoms with Crippen molar-refractivity contribution in [3.05, 3.63) is 59.7 Å². The van der Waals surface area contributed by atoms with Crippen molar-refractivity contribution in [1.29, 1.82) is 5.26 Å². The monoisotopic (exact) mass is 339 g/mol. The fourth-order valence-corrected chi connectivity index (χ4v) is 1.98. The predicted octanol–water partition coefficient (Wildman–Crippen LogP) is 3.14. The Kier molecular flexibility index (Phi) is 6.43. The molecule has 25 heavy (non-hydrogen) atoms. The lowest BCUT2D eigenvalue weighted by Crippen LogP contribution is -2.09. The zero-order valence-corrected chi connectivity index (χ0v) is 13.6. The maximum Gasteiger partial charge on any atom is 0.346 e. The molecule has 2 aromatic rings. The Bertz CT molecular complexity index is 790. The third kappa shape index (κ3) is 5.59. The first-order valence-corrected chi connectivity index (χ1v) is 7.47. The average molecular weight is 339 g/mol. The molecule has 0 spiro atoms. The molecule has 0 atom stereocenters. The Morgan fingerprint density at radius 1 is 1.08 bits per heavy atom. The molecule has 0 amide bonds. The Balaban J connectivity index is 1.83. The van der Waals surface area contributed by atoms with Crippen LogP contribution in [0.4, 0.5) is 0 Å². The van der Waals surface area contributed by atoms with Crippen molar-refractivity contribution in [1.82, 2.24) is 0 Å². The van der Waals surface area contributed by atoms with Crippen molar-refractivity contribution in [2.75, 3.05) is 20.3 Å². The van der Waals surface area contributed by atoms with Gasteiger partial charge in [-0.25, -0.2) is 4.79 Å². The van der Waals surface area contributed by atoms with Crippen LogP contribution in [-0.4, -0.2) is 31.4 Å². The third-order valence-electron chi connectivity index (χ3n) is 3.20. The first-order valence-electron chi connectivity index (χ1n) is 7.47. The van der Waals surface area contributed by atoms with Crippen LogP contribution in [0.15, 0.2) is 54.1 Å². The van der Waals surface area contributed by atoms with Crippen LogP contribution >= 0.6 is 0 Å². The number of carbonyl (C=O) groups is 1. The van der Waals surface area contributed by atoms with Crippen molar-refractivity contribution in [2.24, 2.45) is 0 Å². The molecule has 0 heterocycles. The van der Waals surface area contributed by atoms with Gasteiger partial charge in [-0.3, -0.25) is 0 Å². The van der Waals surface area contributed by atoms with Crippen LogP contribution in [-0.2, 0) is 4.79 Å². The van der Waals surface area contributed by atoms with Crippen LogP contribution in [0.3, 0.4) is 0 Å². The molecule has 0 bridgehead atoms. The van der Waals surface area contributed by atoms with Gasteiger partial charge in [0.15, 0.2) is 0 Å². The average Bonchev–Trinajstić information content (AvgIpc) is 2.64. The number of benzene rings is 2. The largest absolute Gasteiger partial charge is 0.497 e. The number of hydrogen-bond acceptors (Lipinski definition) is 5. The lowest BCUT2D eigenvalue weighted by Gasteiger charge is -2.09. The first-order chi connectivity index (χ1) is 12.1. The molecular weight excluding hydrogens is 322 g/mol. The molecule has 0 saturated heterocycles. The molecule has 2 aromatic carbocycles. The normalized spacial score (nSPS) is 10.6. The highest BCUT2D eigenvalue weighted by atomic mass is 16.5. The van der Waals surface area contributed by atoms with E-state index in [0.29, 0.717) is 30.3 Å². The van der Waals surface area contributed by atoms with Crippen LogP contribution in [0.2, 0.25) is 0 Å². The van der Waals surface area contributed by atoms with Crippen LogP contribution < -0.4 is 14.2 Å².